The number of aliphatic hydroxyl groups excluding tert-OH is 1. The minimum atomic E-state index is -1.21. The third kappa shape index (κ3) is 3.49. The van der Waals surface area contributed by atoms with E-state index in [1.807, 2.05) is 0 Å². The van der Waals surface area contributed by atoms with Crippen LogP contribution in [0.2, 0.25) is 0 Å². The Hall–Kier alpha value is -2.81. The van der Waals surface area contributed by atoms with Crippen LogP contribution in [0.15, 0.2) is 6.07 Å². The Labute approximate surface area is 217 Å². The monoisotopic (exact) mass is 514 g/mol. The zero-order valence-corrected chi connectivity index (χ0v) is 22.0. The van der Waals surface area contributed by atoms with E-state index in [9.17, 15) is 29.7 Å². The lowest BCUT2D eigenvalue weighted by Crippen LogP contribution is -2.66. The van der Waals surface area contributed by atoms with E-state index in [-0.39, 0.29) is 53.4 Å². The summed E-state index contributed by atoms with van der Waals surface area (Å²) in [6, 6.07) is 0.227. The average molecular weight is 515 g/mol. The number of ether oxygens (including phenoxy) is 1. The van der Waals surface area contributed by atoms with Crippen LogP contribution in [-0.4, -0.2) is 55.8 Å². The first-order valence-electron chi connectivity index (χ1n) is 13.3. The Morgan fingerprint density at radius 2 is 1.92 bits per heavy atom. The second-order valence-electron chi connectivity index (χ2n) is 12.5. The summed E-state index contributed by atoms with van der Waals surface area (Å²) in [4.78, 5) is 37.9. The molecular formula is C28H38N2O7. The Bertz CT molecular complexity index is 1180. The molecule has 2 fully saturated rings. The Morgan fingerprint density at radius 1 is 1.22 bits per heavy atom. The molecule has 5 rings (SSSR count). The van der Waals surface area contributed by atoms with Crippen LogP contribution in [-0.2, 0) is 22.6 Å². The van der Waals surface area contributed by atoms with Gasteiger partial charge in [0.2, 0.25) is 5.91 Å². The van der Waals surface area contributed by atoms with Crippen LogP contribution >= 0.6 is 0 Å². The summed E-state index contributed by atoms with van der Waals surface area (Å²) in [7, 11) is 0. The van der Waals surface area contributed by atoms with E-state index in [4.69, 9.17) is 10.5 Å². The van der Waals surface area contributed by atoms with E-state index in [1.54, 1.807) is 0 Å². The fraction of sp³-hybridized carbons (Fsp3) is 0.679. The van der Waals surface area contributed by atoms with Crippen molar-refractivity contribution in [3.63, 3.8) is 0 Å². The van der Waals surface area contributed by atoms with Gasteiger partial charge in [-0.3, -0.25) is 9.59 Å². The van der Waals surface area contributed by atoms with Crippen molar-refractivity contribution < 1.29 is 34.4 Å². The van der Waals surface area contributed by atoms with Gasteiger partial charge in [0.1, 0.15) is 23.1 Å². The summed E-state index contributed by atoms with van der Waals surface area (Å²) in [5, 5.41) is 31.8. The highest BCUT2D eigenvalue weighted by Crippen LogP contribution is 2.67. The number of aliphatic carboxylic acids is 1. The number of hydrogen-bond donors (Lipinski definition) is 4. The number of phenolic OH excluding ortho intramolecular Hbond substituents is 1. The highest BCUT2D eigenvalue weighted by molar-refractivity contribution is 6.02. The number of aliphatic hydroxyl groups is 1. The topological polar surface area (TPSA) is 150 Å². The number of carboxylic acid groups (broad SMARTS) is 1. The molecule has 4 aliphatic rings. The predicted octanol–water partition coefficient (Wildman–Crippen LogP) is 2.97. The minimum absolute atomic E-state index is 0.0159. The molecule has 2 aliphatic heterocycles. The fourth-order valence-corrected chi connectivity index (χ4v) is 8.23. The highest BCUT2D eigenvalue weighted by atomic mass is 16.5. The van der Waals surface area contributed by atoms with Crippen molar-refractivity contribution in [2.45, 2.75) is 96.9 Å². The third-order valence-corrected chi connectivity index (χ3v) is 10.4. The van der Waals surface area contributed by atoms with Crippen LogP contribution in [0, 0.1) is 22.7 Å². The number of carboxylic acids is 1. The number of nitrogens with two attached hydrogens (primary N) is 1. The molecule has 0 radical (unpaired) electrons. The molecular weight excluding hydrogens is 476 g/mol. The quantitative estimate of drug-likeness (QED) is 0.472. The van der Waals surface area contributed by atoms with Gasteiger partial charge >= 0.3 is 5.97 Å². The van der Waals surface area contributed by atoms with Gasteiger partial charge in [0.15, 0.2) is 0 Å². The molecule has 1 aromatic carbocycles. The standard InChI is InChI=1S/C28H38N2O7/c1-14-5-7-20-26(2,3)21(32)9-10-27(20,4)28(14)12-16-19(31)11-15-17(23(16)37-28)13-30(24(15)34)18(25(35)36)6-8-22(29)33/h11,14,18,20-21,31-32H,5-10,12-13H2,1-4H3,(H2,29,33)(H,35,36)/t14-,18+,20+,21-,27+,28-/m1/s1. The van der Waals surface area contributed by atoms with Gasteiger partial charge in [0.05, 0.1) is 18.2 Å². The van der Waals surface area contributed by atoms with Crippen LogP contribution in [0.3, 0.4) is 0 Å². The van der Waals surface area contributed by atoms with Crippen molar-refractivity contribution in [2.24, 2.45) is 28.4 Å². The molecule has 2 amide bonds. The van der Waals surface area contributed by atoms with Crippen LogP contribution in [0.5, 0.6) is 11.5 Å². The number of fused-ring (bicyclic) bond motifs is 5. The van der Waals surface area contributed by atoms with Gasteiger partial charge in [-0.05, 0) is 55.4 Å². The molecule has 1 aromatic rings. The van der Waals surface area contributed by atoms with Crippen LogP contribution in [0.25, 0.3) is 0 Å². The normalized spacial score (nSPS) is 34.5. The molecule has 9 heteroatoms. The lowest BCUT2D eigenvalue weighted by molar-refractivity contribution is -0.210. The number of nitrogens with zero attached hydrogens (tertiary/aromatic N) is 1. The molecule has 2 aliphatic carbocycles. The van der Waals surface area contributed by atoms with Crippen molar-refractivity contribution in [2.75, 3.05) is 0 Å². The van der Waals surface area contributed by atoms with E-state index in [0.717, 1.165) is 19.3 Å². The lowest BCUT2D eigenvalue weighted by Gasteiger charge is -2.64. The summed E-state index contributed by atoms with van der Waals surface area (Å²) >= 11 is 0. The number of hydrogen-bond acceptors (Lipinski definition) is 6. The molecule has 6 atom stereocenters. The van der Waals surface area contributed by atoms with Gasteiger partial charge in [0.25, 0.3) is 5.91 Å². The van der Waals surface area contributed by atoms with Crippen LogP contribution in [0.4, 0.5) is 0 Å². The highest BCUT2D eigenvalue weighted by Gasteiger charge is 2.67. The zero-order chi connectivity index (χ0) is 27.1. The summed E-state index contributed by atoms with van der Waals surface area (Å²) in [6.45, 7) is 8.74. The Balaban J connectivity index is 1.55. The molecule has 0 aromatic heterocycles. The SMILES string of the molecule is C[C@@H]1CC[C@H]2C(C)(C)[C@H](O)CC[C@]2(C)[C@@]12Cc1c(O)cc3c(c1O2)CN([C@@H](CCC(N)=O)C(=O)O)C3=O. The molecule has 0 bridgehead atoms. The number of amides is 2. The van der Waals surface area contributed by atoms with Gasteiger partial charge in [-0.1, -0.05) is 27.7 Å². The van der Waals surface area contributed by atoms with Crippen molar-refractivity contribution in [1.82, 2.24) is 4.90 Å². The number of primary amides is 1. The largest absolute Gasteiger partial charge is 0.508 e. The third-order valence-electron chi connectivity index (χ3n) is 10.4. The number of aromatic hydroxyl groups is 1. The summed E-state index contributed by atoms with van der Waals surface area (Å²) in [5.41, 5.74) is 5.56. The van der Waals surface area contributed by atoms with Gasteiger partial charge in [-0.25, -0.2) is 4.79 Å². The number of carbonyl (C=O) groups excluding carboxylic acids is 2. The molecule has 1 spiro atoms. The molecule has 2 heterocycles. The second kappa shape index (κ2) is 8.35. The maximum absolute atomic E-state index is 13.3. The Kier molecular flexibility index (Phi) is 5.83. The van der Waals surface area contributed by atoms with Gasteiger partial charge < -0.3 is 30.7 Å². The summed E-state index contributed by atoms with van der Waals surface area (Å²) < 4.78 is 6.97. The van der Waals surface area contributed by atoms with Crippen LogP contribution in [0.1, 0.15) is 87.7 Å². The maximum atomic E-state index is 13.3. The first-order valence-corrected chi connectivity index (χ1v) is 13.3. The minimum Gasteiger partial charge on any atom is -0.508 e. The maximum Gasteiger partial charge on any atom is 0.326 e. The number of carbonyl (C=O) groups is 3. The van der Waals surface area contributed by atoms with E-state index in [0.29, 0.717) is 29.7 Å². The zero-order valence-electron chi connectivity index (χ0n) is 22.0. The van der Waals surface area contributed by atoms with E-state index in [2.05, 4.69) is 27.7 Å². The van der Waals surface area contributed by atoms with Gasteiger partial charge in [-0.2, -0.15) is 0 Å². The number of rotatable bonds is 5. The first kappa shape index (κ1) is 25.8. The van der Waals surface area contributed by atoms with Crippen molar-refractivity contribution in [3.05, 3.63) is 22.8 Å². The van der Waals surface area contributed by atoms with Gasteiger partial charge in [0, 0.05) is 29.4 Å². The summed E-state index contributed by atoms with van der Waals surface area (Å²) in [5.74, 6) is -1.48. The number of benzene rings is 1. The number of phenols is 1. The molecule has 0 unspecified atom stereocenters. The second-order valence-corrected chi connectivity index (χ2v) is 12.5. The van der Waals surface area contributed by atoms with E-state index >= 15 is 0 Å². The lowest BCUT2D eigenvalue weighted by atomic mass is 9.43. The smallest absolute Gasteiger partial charge is 0.326 e. The van der Waals surface area contributed by atoms with Crippen molar-refractivity contribution in [1.29, 1.82) is 0 Å². The van der Waals surface area contributed by atoms with E-state index in [1.165, 1.54) is 11.0 Å². The predicted molar refractivity (Wildman–Crippen MR) is 134 cm³/mol. The fourth-order valence-electron chi connectivity index (χ4n) is 8.23. The van der Waals surface area contributed by atoms with Crippen molar-refractivity contribution >= 4 is 17.8 Å². The molecule has 5 N–H and O–H groups in total. The molecule has 202 valence electrons. The first-order chi connectivity index (χ1) is 17.2. The van der Waals surface area contributed by atoms with Crippen molar-refractivity contribution in [3.8, 4) is 11.5 Å². The summed E-state index contributed by atoms with van der Waals surface area (Å²) in [6.07, 6.45) is 3.24. The van der Waals surface area contributed by atoms with Crippen LogP contribution < -0.4 is 10.5 Å². The molecule has 9 nitrogen and oxygen atoms in total. The molecule has 37 heavy (non-hydrogen) atoms. The molecule has 2 saturated carbocycles. The van der Waals surface area contributed by atoms with E-state index < -0.39 is 35.5 Å². The average Bonchev–Trinajstić information content (AvgIpc) is 3.36. The van der Waals surface area contributed by atoms with Gasteiger partial charge in [-0.15, -0.1) is 0 Å². The molecule has 0 saturated heterocycles. The Morgan fingerprint density at radius 3 is 2.57 bits per heavy atom.